The minimum absolute atomic E-state index is 0.280. The zero-order valence-electron chi connectivity index (χ0n) is 29.2. The lowest BCUT2D eigenvalue weighted by molar-refractivity contribution is 0.436. The average molecular weight is 682 g/mol. The van der Waals surface area contributed by atoms with Crippen LogP contribution in [0.4, 0.5) is 11.4 Å². The Morgan fingerprint density at radius 2 is 1.19 bits per heavy atom. The smallest absolute Gasteiger partial charge is 0.135 e. The number of furan rings is 1. The first-order valence-electron chi connectivity index (χ1n) is 18.5. The summed E-state index contributed by atoms with van der Waals surface area (Å²) in [4.78, 5) is 0. The fourth-order valence-electron chi connectivity index (χ4n) is 9.45. The highest BCUT2D eigenvalue weighted by Gasteiger charge is 2.51. The quantitative estimate of drug-likeness (QED) is 0.201. The van der Waals surface area contributed by atoms with Gasteiger partial charge in [-0.05, 0) is 93.4 Å². The molecule has 3 aliphatic rings. The van der Waals surface area contributed by atoms with Gasteiger partial charge < -0.3 is 14.5 Å². The Kier molecular flexibility index (Phi) is 6.51. The molecule has 2 unspecified atom stereocenters. The van der Waals surface area contributed by atoms with Crippen LogP contribution in [0.5, 0.6) is 11.5 Å². The Morgan fingerprint density at radius 1 is 0.547 bits per heavy atom. The number of ether oxygens (including phenoxy) is 1. The molecular weight excluding hydrogens is 647 g/mol. The number of benzene rings is 7. The number of nitrogens with one attached hydrogen (secondary N) is 1. The maximum atomic E-state index is 6.63. The van der Waals surface area contributed by atoms with Crippen molar-refractivity contribution in [1.29, 1.82) is 0 Å². The normalized spacial score (nSPS) is 17.0. The van der Waals surface area contributed by atoms with Crippen LogP contribution < -0.4 is 10.1 Å². The van der Waals surface area contributed by atoms with Gasteiger partial charge in [-0.15, -0.1) is 0 Å². The van der Waals surface area contributed by atoms with Crippen LogP contribution in [-0.2, 0) is 5.41 Å². The van der Waals surface area contributed by atoms with Crippen molar-refractivity contribution in [2.75, 3.05) is 5.32 Å². The number of allylic oxidation sites excluding steroid dienone is 1. The van der Waals surface area contributed by atoms with Gasteiger partial charge in [0, 0.05) is 39.4 Å². The first-order valence-corrected chi connectivity index (χ1v) is 18.5. The van der Waals surface area contributed by atoms with Crippen LogP contribution in [0.2, 0.25) is 0 Å². The predicted molar refractivity (Wildman–Crippen MR) is 215 cm³/mol. The first-order chi connectivity index (χ1) is 26.2. The molecule has 252 valence electrons. The van der Waals surface area contributed by atoms with E-state index in [-0.39, 0.29) is 5.92 Å². The van der Waals surface area contributed by atoms with Crippen molar-refractivity contribution in [3.63, 3.8) is 0 Å². The molecule has 0 radical (unpaired) electrons. The van der Waals surface area contributed by atoms with E-state index >= 15 is 0 Å². The molecule has 1 aromatic heterocycles. The highest BCUT2D eigenvalue weighted by molar-refractivity contribution is 5.99. The molecule has 1 spiro atoms. The Balaban J connectivity index is 0.974. The number of para-hydroxylation sites is 1. The van der Waals surface area contributed by atoms with Crippen LogP contribution >= 0.6 is 0 Å². The predicted octanol–water partition coefficient (Wildman–Crippen LogP) is 13.2. The largest absolute Gasteiger partial charge is 0.457 e. The van der Waals surface area contributed by atoms with Crippen LogP contribution in [-0.4, -0.2) is 0 Å². The number of rotatable bonds is 4. The molecular formula is C50H35NO2. The van der Waals surface area contributed by atoms with Gasteiger partial charge in [-0.2, -0.15) is 0 Å². The van der Waals surface area contributed by atoms with Gasteiger partial charge in [-0.1, -0.05) is 134 Å². The fraction of sp³-hybridized carbons (Fsp3) is 0.0800. The molecule has 0 fully saturated rings. The average Bonchev–Trinajstić information content (AvgIpc) is 3.74. The maximum absolute atomic E-state index is 6.63. The Morgan fingerprint density at radius 3 is 1.96 bits per heavy atom. The monoisotopic (exact) mass is 681 g/mol. The number of fused-ring (bicyclic) bond motifs is 12. The van der Waals surface area contributed by atoms with Crippen molar-refractivity contribution >= 4 is 28.4 Å². The van der Waals surface area contributed by atoms with Gasteiger partial charge in [0.2, 0.25) is 0 Å². The van der Waals surface area contributed by atoms with E-state index in [4.69, 9.17) is 9.15 Å². The molecule has 7 aromatic carbocycles. The van der Waals surface area contributed by atoms with Crippen LogP contribution in [0, 0.1) is 0 Å². The first kappa shape index (κ1) is 30.1. The number of hydrogen-bond donors (Lipinski definition) is 1. The third-order valence-electron chi connectivity index (χ3n) is 11.7. The lowest BCUT2D eigenvalue weighted by atomic mass is 9.66. The van der Waals surface area contributed by atoms with E-state index in [9.17, 15) is 0 Å². The van der Waals surface area contributed by atoms with Gasteiger partial charge in [0.15, 0.2) is 0 Å². The minimum atomic E-state index is -0.493. The standard InChI is InChI=1S/C50H35NO2/c1-31-36(32-12-3-2-4-13-32)27-29-47-48(31)49-37(16-11-21-46(49)53-47)33-22-24-34(25-23-33)51-35-26-28-45-43(30-35)50(42-19-9-10-20-44(42)52-45)40-17-7-5-14-38(40)39-15-6-8-18-41(39)50/h2-31,36,51H,1H3. The molecule has 3 heteroatoms. The van der Waals surface area contributed by atoms with E-state index in [0.29, 0.717) is 5.92 Å². The highest BCUT2D eigenvalue weighted by atomic mass is 16.5. The van der Waals surface area contributed by atoms with E-state index in [2.05, 4.69) is 188 Å². The second-order valence-electron chi connectivity index (χ2n) is 14.5. The molecule has 1 aliphatic heterocycles. The summed E-state index contributed by atoms with van der Waals surface area (Å²) in [6.07, 6.45) is 4.46. The molecule has 0 saturated heterocycles. The zero-order chi connectivity index (χ0) is 35.1. The Hall–Kier alpha value is -6.58. The van der Waals surface area contributed by atoms with Gasteiger partial charge >= 0.3 is 0 Å². The van der Waals surface area contributed by atoms with E-state index in [0.717, 1.165) is 45.3 Å². The van der Waals surface area contributed by atoms with E-state index in [1.54, 1.807) is 0 Å². The summed E-state index contributed by atoms with van der Waals surface area (Å²) in [6, 6.07) is 58.7. The van der Waals surface area contributed by atoms with E-state index in [1.807, 2.05) is 0 Å². The second-order valence-corrected chi connectivity index (χ2v) is 14.5. The zero-order valence-corrected chi connectivity index (χ0v) is 29.2. The molecule has 2 heterocycles. The van der Waals surface area contributed by atoms with Crippen molar-refractivity contribution in [2.45, 2.75) is 24.2 Å². The van der Waals surface area contributed by atoms with E-state index < -0.39 is 5.41 Å². The van der Waals surface area contributed by atoms with Crippen LogP contribution in [0.15, 0.2) is 174 Å². The molecule has 1 N–H and O–H groups in total. The molecule has 8 aromatic rings. The molecule has 0 amide bonds. The topological polar surface area (TPSA) is 34.4 Å². The Bertz CT molecular complexity index is 2710. The van der Waals surface area contributed by atoms with Crippen molar-refractivity contribution in [3.05, 3.63) is 209 Å². The maximum Gasteiger partial charge on any atom is 0.135 e. The van der Waals surface area contributed by atoms with Gasteiger partial charge in [0.25, 0.3) is 0 Å². The third kappa shape index (κ3) is 4.34. The lowest BCUT2D eigenvalue weighted by Crippen LogP contribution is -2.32. The van der Waals surface area contributed by atoms with Gasteiger partial charge in [0.05, 0.1) is 5.41 Å². The van der Waals surface area contributed by atoms with Crippen molar-refractivity contribution in [1.82, 2.24) is 0 Å². The molecule has 2 aliphatic carbocycles. The van der Waals surface area contributed by atoms with Crippen molar-refractivity contribution in [2.24, 2.45) is 0 Å². The summed E-state index contributed by atoms with van der Waals surface area (Å²) in [5.74, 6) is 3.33. The molecule has 0 saturated carbocycles. The van der Waals surface area contributed by atoms with E-state index in [1.165, 1.54) is 49.9 Å². The Labute approximate surface area is 308 Å². The third-order valence-corrected chi connectivity index (χ3v) is 11.7. The van der Waals surface area contributed by atoms with Gasteiger partial charge in [-0.3, -0.25) is 0 Å². The summed E-state index contributed by atoms with van der Waals surface area (Å²) in [7, 11) is 0. The summed E-state index contributed by atoms with van der Waals surface area (Å²) in [5, 5.41) is 4.95. The minimum Gasteiger partial charge on any atom is -0.457 e. The summed E-state index contributed by atoms with van der Waals surface area (Å²) in [6.45, 7) is 2.33. The van der Waals surface area contributed by atoms with Crippen LogP contribution in [0.1, 0.15) is 57.9 Å². The highest BCUT2D eigenvalue weighted by Crippen LogP contribution is 2.62. The summed E-state index contributed by atoms with van der Waals surface area (Å²) >= 11 is 0. The second kappa shape index (κ2) is 11.5. The SMILES string of the molecule is CC1c2c(oc3cccc(-c4ccc(Nc5ccc6c(c5)C5(c7ccccc7O6)c6ccccc6-c6ccccc65)cc4)c23)C=CC1c1ccccc1. The molecule has 2 atom stereocenters. The molecule has 3 nitrogen and oxygen atoms in total. The fourth-order valence-corrected chi connectivity index (χ4v) is 9.45. The summed E-state index contributed by atoms with van der Waals surface area (Å²) < 4.78 is 13.1. The van der Waals surface area contributed by atoms with Gasteiger partial charge in [-0.25, -0.2) is 0 Å². The number of anilines is 2. The van der Waals surface area contributed by atoms with Crippen molar-refractivity contribution < 1.29 is 9.15 Å². The van der Waals surface area contributed by atoms with Crippen molar-refractivity contribution in [3.8, 4) is 33.8 Å². The molecule has 0 bridgehead atoms. The van der Waals surface area contributed by atoms with Crippen LogP contribution in [0.3, 0.4) is 0 Å². The summed E-state index contributed by atoms with van der Waals surface area (Å²) in [5.41, 5.74) is 14.9. The van der Waals surface area contributed by atoms with Gasteiger partial charge in [0.1, 0.15) is 22.8 Å². The lowest BCUT2D eigenvalue weighted by Gasteiger charge is -2.39. The number of hydrogen-bond acceptors (Lipinski definition) is 3. The van der Waals surface area contributed by atoms with Crippen LogP contribution in [0.25, 0.3) is 39.3 Å². The molecule has 11 rings (SSSR count). The molecule has 53 heavy (non-hydrogen) atoms.